The van der Waals surface area contributed by atoms with Crippen molar-refractivity contribution >= 4 is 44.8 Å². The van der Waals surface area contributed by atoms with E-state index in [1.807, 2.05) is 60.3 Å². The second-order valence-electron chi connectivity index (χ2n) is 9.88. The van der Waals surface area contributed by atoms with Crippen LogP contribution in [-0.2, 0) is 29.6 Å². The van der Waals surface area contributed by atoms with Crippen molar-refractivity contribution in [2.45, 2.75) is 32.4 Å². The number of nitrogens with zero attached hydrogens (tertiary/aromatic N) is 2. The molecule has 33 heavy (non-hydrogen) atoms. The van der Waals surface area contributed by atoms with Crippen LogP contribution in [0.2, 0.25) is 0 Å². The summed E-state index contributed by atoms with van der Waals surface area (Å²) in [5, 5.41) is 4.54. The van der Waals surface area contributed by atoms with E-state index in [0.29, 0.717) is 11.1 Å². The number of imide groups is 1. The minimum atomic E-state index is -0.349. The van der Waals surface area contributed by atoms with Crippen molar-refractivity contribution < 1.29 is 9.59 Å². The van der Waals surface area contributed by atoms with Crippen LogP contribution in [0, 0.1) is 5.92 Å². The molecule has 166 valence electrons. The Labute approximate surface area is 191 Å². The lowest BCUT2D eigenvalue weighted by atomic mass is 9.85. The van der Waals surface area contributed by atoms with E-state index in [0.717, 1.165) is 51.6 Å². The van der Waals surface area contributed by atoms with Crippen LogP contribution in [0.4, 0.5) is 0 Å². The van der Waals surface area contributed by atoms with Crippen LogP contribution in [0.5, 0.6) is 0 Å². The maximum absolute atomic E-state index is 13.3. The third-order valence-corrected chi connectivity index (χ3v) is 7.32. The summed E-state index contributed by atoms with van der Waals surface area (Å²) in [5.74, 6) is -0.431. The second kappa shape index (κ2) is 6.68. The molecule has 0 aliphatic carbocycles. The van der Waals surface area contributed by atoms with Crippen LogP contribution in [0.1, 0.15) is 30.7 Å². The van der Waals surface area contributed by atoms with Gasteiger partial charge in [0.25, 0.3) is 11.8 Å². The molecule has 1 atom stereocenters. The van der Waals surface area contributed by atoms with Crippen molar-refractivity contribution in [3.8, 4) is 0 Å². The van der Waals surface area contributed by atoms with Crippen molar-refractivity contribution in [3.63, 3.8) is 0 Å². The third kappa shape index (κ3) is 2.77. The number of aryl methyl sites for hydroxylation is 1. The fourth-order valence-electron chi connectivity index (χ4n) is 5.56. The van der Waals surface area contributed by atoms with Crippen LogP contribution in [0.15, 0.2) is 54.7 Å². The Kier molecular flexibility index (Phi) is 4.05. The summed E-state index contributed by atoms with van der Waals surface area (Å²) in [6, 6.07) is 16.1. The summed E-state index contributed by atoms with van der Waals surface area (Å²) in [7, 11) is 1.96. The quantitative estimate of drug-likeness (QED) is 0.480. The Morgan fingerprint density at radius 2 is 1.58 bits per heavy atom. The highest BCUT2D eigenvalue weighted by atomic mass is 16.2. The van der Waals surface area contributed by atoms with Crippen molar-refractivity contribution in [1.82, 2.24) is 14.5 Å². The third-order valence-electron chi connectivity index (χ3n) is 7.32. The molecule has 1 unspecified atom stereocenters. The van der Waals surface area contributed by atoms with E-state index in [1.54, 1.807) is 0 Å². The monoisotopic (exact) mass is 438 g/mol. The molecule has 2 aliphatic heterocycles. The lowest BCUT2D eigenvalue weighted by Gasteiger charge is -2.26. The number of aromatic nitrogens is 2. The predicted octanol–water partition coefficient (Wildman–Crippen LogP) is 3.61. The molecule has 4 heterocycles. The number of para-hydroxylation sites is 2. The average Bonchev–Trinajstić information content (AvgIpc) is 3.49. The minimum Gasteiger partial charge on any atom is -0.350 e. The fraction of sp³-hybridized carbons (Fsp3) is 0.259. The van der Waals surface area contributed by atoms with Crippen molar-refractivity contribution in [1.29, 1.82) is 0 Å². The van der Waals surface area contributed by atoms with E-state index < -0.39 is 0 Å². The summed E-state index contributed by atoms with van der Waals surface area (Å²) in [6.07, 6.45) is 2.71. The Hall–Kier alpha value is -3.64. The second-order valence-corrected chi connectivity index (χ2v) is 9.88. The molecule has 2 aromatic heterocycles. The molecular formula is C27H26N4O2. The van der Waals surface area contributed by atoms with E-state index in [9.17, 15) is 9.59 Å². The maximum Gasteiger partial charge on any atom is 0.259 e. The van der Waals surface area contributed by atoms with Gasteiger partial charge in [0.1, 0.15) is 0 Å². The molecule has 2 aromatic carbocycles. The number of rotatable bonds is 3. The van der Waals surface area contributed by atoms with Gasteiger partial charge in [-0.15, -0.1) is 0 Å². The summed E-state index contributed by atoms with van der Waals surface area (Å²) < 4.78 is 4.29. The number of hydrogen-bond acceptors (Lipinski definition) is 3. The molecular weight excluding hydrogens is 412 g/mol. The standard InChI is InChI=1S/C27H26N4O2/c1-27(2,28)15-12-21-22(17-9-5-7-11-20(17)31(21)13-15)24-23(25(32)29-26(24)33)18-14-30(3)19-10-6-4-8-16(18)19/h4-11,14-15H,12-13,28H2,1-3H3,(H,29,32,33). The largest absolute Gasteiger partial charge is 0.350 e. The highest BCUT2D eigenvalue weighted by Crippen LogP contribution is 2.44. The van der Waals surface area contributed by atoms with Gasteiger partial charge >= 0.3 is 0 Å². The normalized spacial score (nSPS) is 18.6. The van der Waals surface area contributed by atoms with Crippen LogP contribution in [0.25, 0.3) is 33.0 Å². The first-order chi connectivity index (χ1) is 15.8. The molecule has 3 N–H and O–H groups in total. The number of carbonyl (C=O) groups is 2. The molecule has 4 aromatic rings. The molecule has 2 aliphatic rings. The highest BCUT2D eigenvalue weighted by Gasteiger charge is 2.40. The number of carbonyl (C=O) groups excluding carboxylic acids is 2. The minimum absolute atomic E-state index is 0.248. The fourth-order valence-corrected chi connectivity index (χ4v) is 5.56. The highest BCUT2D eigenvalue weighted by molar-refractivity contribution is 6.51. The Morgan fingerprint density at radius 1 is 0.939 bits per heavy atom. The summed E-state index contributed by atoms with van der Waals surface area (Å²) >= 11 is 0. The van der Waals surface area contributed by atoms with Crippen molar-refractivity contribution in [2.75, 3.05) is 0 Å². The van der Waals surface area contributed by atoms with E-state index in [4.69, 9.17) is 5.73 Å². The number of nitrogens with two attached hydrogens (primary N) is 1. The zero-order valence-corrected chi connectivity index (χ0v) is 19.0. The van der Waals surface area contributed by atoms with Gasteiger partial charge in [-0.3, -0.25) is 14.9 Å². The zero-order valence-electron chi connectivity index (χ0n) is 19.0. The Bertz CT molecular complexity index is 1530. The van der Waals surface area contributed by atoms with E-state index >= 15 is 0 Å². The summed E-state index contributed by atoms with van der Waals surface area (Å²) in [4.78, 5) is 26.5. The molecule has 6 nitrogen and oxygen atoms in total. The first-order valence-electron chi connectivity index (χ1n) is 11.3. The average molecular weight is 439 g/mol. The van der Waals surface area contributed by atoms with Gasteiger partial charge in [0.2, 0.25) is 0 Å². The number of amides is 2. The number of benzene rings is 2. The van der Waals surface area contributed by atoms with Gasteiger partial charge in [-0.2, -0.15) is 0 Å². The van der Waals surface area contributed by atoms with E-state index in [-0.39, 0.29) is 23.3 Å². The lowest BCUT2D eigenvalue weighted by Crippen LogP contribution is -2.41. The molecule has 0 saturated heterocycles. The molecule has 6 rings (SSSR count). The van der Waals surface area contributed by atoms with Gasteiger partial charge in [0.05, 0.1) is 11.1 Å². The maximum atomic E-state index is 13.3. The van der Waals surface area contributed by atoms with Gasteiger partial charge < -0.3 is 14.9 Å². The molecule has 0 radical (unpaired) electrons. The smallest absolute Gasteiger partial charge is 0.259 e. The topological polar surface area (TPSA) is 82.0 Å². The van der Waals surface area contributed by atoms with Crippen LogP contribution < -0.4 is 11.1 Å². The van der Waals surface area contributed by atoms with Crippen LogP contribution in [0.3, 0.4) is 0 Å². The van der Waals surface area contributed by atoms with Crippen LogP contribution >= 0.6 is 0 Å². The molecule has 0 saturated carbocycles. The predicted molar refractivity (Wildman–Crippen MR) is 130 cm³/mol. The Morgan fingerprint density at radius 3 is 2.30 bits per heavy atom. The van der Waals surface area contributed by atoms with Gasteiger partial charge in [0.15, 0.2) is 0 Å². The van der Waals surface area contributed by atoms with E-state index in [1.165, 1.54) is 0 Å². The summed E-state index contributed by atoms with van der Waals surface area (Å²) in [6.45, 7) is 4.91. The molecule has 0 bridgehead atoms. The van der Waals surface area contributed by atoms with Crippen LogP contribution in [-0.4, -0.2) is 26.5 Å². The Balaban J connectivity index is 1.68. The molecule has 6 heteroatoms. The zero-order chi connectivity index (χ0) is 23.1. The van der Waals surface area contributed by atoms with Gasteiger partial charge in [-0.1, -0.05) is 36.4 Å². The first kappa shape index (κ1) is 20.0. The van der Waals surface area contributed by atoms with Gasteiger partial charge in [-0.25, -0.2) is 0 Å². The number of fused-ring (bicyclic) bond motifs is 4. The van der Waals surface area contributed by atoms with Crippen molar-refractivity contribution in [3.05, 3.63) is 71.5 Å². The summed E-state index contributed by atoms with van der Waals surface area (Å²) in [5.41, 5.74) is 11.9. The SMILES string of the molecule is Cn1cc(C2=C(c3c4n(c5ccccc35)CC(C(C)(C)N)C4)C(=O)NC2=O)c2ccccc21. The molecule has 2 amide bonds. The molecule has 0 spiro atoms. The first-order valence-corrected chi connectivity index (χ1v) is 11.3. The van der Waals surface area contributed by atoms with Gasteiger partial charge in [-0.05, 0) is 38.3 Å². The lowest BCUT2D eigenvalue weighted by molar-refractivity contribution is -0.122. The molecule has 0 fully saturated rings. The number of hydrogen-bond donors (Lipinski definition) is 2. The van der Waals surface area contributed by atoms with Gasteiger partial charge in [0, 0.05) is 64.0 Å². The number of nitrogens with one attached hydrogen (secondary N) is 1. The van der Waals surface area contributed by atoms with Crippen molar-refractivity contribution in [2.24, 2.45) is 18.7 Å². The van der Waals surface area contributed by atoms with E-state index in [2.05, 4.69) is 29.8 Å².